The van der Waals surface area contributed by atoms with Crippen LogP contribution in [-0.4, -0.2) is 17.9 Å². The monoisotopic (exact) mass is 330 g/mol. The highest BCUT2D eigenvalue weighted by Gasteiger charge is 2.33. The van der Waals surface area contributed by atoms with E-state index in [1.165, 1.54) is 0 Å². The van der Waals surface area contributed by atoms with Crippen molar-refractivity contribution in [3.8, 4) is 0 Å². The molecule has 0 aliphatic carbocycles. The van der Waals surface area contributed by atoms with Gasteiger partial charge in [0.2, 0.25) is 0 Å². The zero-order valence-corrected chi connectivity index (χ0v) is 14.1. The average molecular weight is 331 g/mol. The van der Waals surface area contributed by atoms with Crippen LogP contribution in [0.15, 0.2) is 48.5 Å². The van der Waals surface area contributed by atoms with Crippen molar-refractivity contribution in [3.05, 3.63) is 70.2 Å². The molecule has 0 aromatic heterocycles. The molecular formula is C19H19ClO3. The summed E-state index contributed by atoms with van der Waals surface area (Å²) >= 11 is 6.19. The summed E-state index contributed by atoms with van der Waals surface area (Å²) in [5.41, 5.74) is 1.70. The van der Waals surface area contributed by atoms with Gasteiger partial charge in [0, 0.05) is 5.56 Å². The van der Waals surface area contributed by atoms with E-state index in [1.54, 1.807) is 63.2 Å². The van der Waals surface area contributed by atoms with Crippen molar-refractivity contribution in [1.29, 1.82) is 0 Å². The predicted molar refractivity (Wildman–Crippen MR) is 90.9 cm³/mol. The van der Waals surface area contributed by atoms with Crippen LogP contribution < -0.4 is 0 Å². The first-order valence-electron chi connectivity index (χ1n) is 7.46. The minimum Gasteiger partial charge on any atom is -0.462 e. The molecule has 0 fully saturated rings. The fraction of sp³-hybridized carbons (Fsp3) is 0.263. The van der Waals surface area contributed by atoms with Gasteiger partial charge in [-0.15, -0.1) is 0 Å². The number of hydrogen-bond donors (Lipinski definition) is 0. The third kappa shape index (κ3) is 3.99. The van der Waals surface area contributed by atoms with Gasteiger partial charge in [-0.25, -0.2) is 0 Å². The molecule has 23 heavy (non-hydrogen) atoms. The van der Waals surface area contributed by atoms with Crippen LogP contribution in [0.1, 0.15) is 41.3 Å². The van der Waals surface area contributed by atoms with Crippen molar-refractivity contribution in [1.82, 2.24) is 0 Å². The quantitative estimate of drug-likeness (QED) is 0.458. The Bertz CT molecular complexity index is 688. The Labute approximate surface area is 141 Å². The molecule has 0 radical (unpaired) electrons. The number of aryl methyl sites for hydroxylation is 1. The second-order valence-electron chi connectivity index (χ2n) is 5.63. The van der Waals surface area contributed by atoms with E-state index in [2.05, 4.69) is 0 Å². The number of halogens is 1. The van der Waals surface area contributed by atoms with Crippen molar-refractivity contribution in [2.24, 2.45) is 0 Å². The second-order valence-corrected chi connectivity index (χ2v) is 6.03. The summed E-state index contributed by atoms with van der Waals surface area (Å²) in [4.78, 5) is 25.5. The Morgan fingerprint density at radius 1 is 1.00 bits per heavy atom. The summed E-state index contributed by atoms with van der Waals surface area (Å²) in [5.74, 6) is -1.92. The summed E-state index contributed by atoms with van der Waals surface area (Å²) in [7, 11) is 0. The molecule has 2 aromatic rings. The number of esters is 1. The van der Waals surface area contributed by atoms with Crippen LogP contribution in [-0.2, 0) is 9.53 Å². The van der Waals surface area contributed by atoms with E-state index in [4.69, 9.17) is 16.3 Å². The maximum absolute atomic E-state index is 13.0. The molecular weight excluding hydrogens is 312 g/mol. The minimum atomic E-state index is -1.02. The number of carbonyl (C=O) groups is 2. The molecule has 4 heteroatoms. The number of hydrogen-bond acceptors (Lipinski definition) is 3. The third-order valence-corrected chi connectivity index (χ3v) is 3.77. The Hall–Kier alpha value is -2.13. The van der Waals surface area contributed by atoms with Crippen LogP contribution in [0.25, 0.3) is 0 Å². The van der Waals surface area contributed by atoms with Gasteiger partial charge in [-0.1, -0.05) is 54.1 Å². The largest absolute Gasteiger partial charge is 0.462 e. The second kappa shape index (κ2) is 7.42. The van der Waals surface area contributed by atoms with Gasteiger partial charge < -0.3 is 4.74 Å². The molecule has 0 saturated carbocycles. The molecule has 120 valence electrons. The first-order valence-corrected chi connectivity index (χ1v) is 7.84. The summed E-state index contributed by atoms with van der Waals surface area (Å²) in [5, 5.41) is 0.341. The van der Waals surface area contributed by atoms with Crippen LogP contribution in [0, 0.1) is 6.92 Å². The Balaban J connectivity index is 2.49. The van der Waals surface area contributed by atoms with E-state index in [0.29, 0.717) is 16.1 Å². The highest BCUT2D eigenvalue weighted by Crippen LogP contribution is 2.29. The summed E-state index contributed by atoms with van der Waals surface area (Å²) in [6, 6.07) is 14.1. The number of Topliss-reactive ketones (excluding diaryl/α,β-unsaturated/α-hetero) is 1. The SMILES string of the molecule is Cc1cccc(Cl)c1C(=O)C(C(=O)OC(C)C)c1ccccc1. The number of benzene rings is 2. The van der Waals surface area contributed by atoms with Gasteiger partial charge in [0.05, 0.1) is 11.1 Å². The Morgan fingerprint density at radius 3 is 2.22 bits per heavy atom. The Kier molecular flexibility index (Phi) is 5.56. The first-order chi connectivity index (χ1) is 10.9. The number of carbonyl (C=O) groups excluding carboxylic acids is 2. The summed E-state index contributed by atoms with van der Waals surface area (Å²) < 4.78 is 5.29. The molecule has 1 atom stereocenters. The van der Waals surface area contributed by atoms with Gasteiger partial charge in [-0.05, 0) is 38.0 Å². The number of rotatable bonds is 5. The summed E-state index contributed by atoms with van der Waals surface area (Å²) in [6.45, 7) is 5.31. The van der Waals surface area contributed by atoms with Crippen LogP contribution >= 0.6 is 11.6 Å². The van der Waals surface area contributed by atoms with Gasteiger partial charge in [-0.3, -0.25) is 9.59 Å². The van der Waals surface area contributed by atoms with Crippen molar-refractivity contribution in [3.63, 3.8) is 0 Å². The maximum Gasteiger partial charge on any atom is 0.321 e. The zero-order chi connectivity index (χ0) is 17.0. The first kappa shape index (κ1) is 17.2. The van der Waals surface area contributed by atoms with E-state index in [-0.39, 0.29) is 11.9 Å². The van der Waals surface area contributed by atoms with Crippen molar-refractivity contribution in [2.75, 3.05) is 0 Å². The average Bonchev–Trinajstić information content (AvgIpc) is 2.47. The van der Waals surface area contributed by atoms with E-state index in [0.717, 1.165) is 5.56 Å². The lowest BCUT2D eigenvalue weighted by molar-refractivity contribution is -0.147. The highest BCUT2D eigenvalue weighted by molar-refractivity contribution is 6.35. The lowest BCUT2D eigenvalue weighted by Gasteiger charge is -2.19. The van der Waals surface area contributed by atoms with Gasteiger partial charge in [-0.2, -0.15) is 0 Å². The fourth-order valence-electron chi connectivity index (χ4n) is 2.43. The molecule has 0 saturated heterocycles. The van der Waals surface area contributed by atoms with E-state index < -0.39 is 11.9 Å². The normalized spacial score (nSPS) is 12.0. The van der Waals surface area contributed by atoms with Gasteiger partial charge >= 0.3 is 5.97 Å². The molecule has 1 unspecified atom stereocenters. The topological polar surface area (TPSA) is 43.4 Å². The van der Waals surface area contributed by atoms with Crippen LogP contribution in [0.3, 0.4) is 0 Å². The zero-order valence-electron chi connectivity index (χ0n) is 13.4. The maximum atomic E-state index is 13.0. The lowest BCUT2D eigenvalue weighted by Crippen LogP contribution is -2.27. The summed E-state index contributed by atoms with van der Waals surface area (Å²) in [6.07, 6.45) is -0.297. The molecule has 2 aromatic carbocycles. The van der Waals surface area contributed by atoms with Gasteiger partial charge in [0.15, 0.2) is 5.78 Å². The predicted octanol–water partition coefficient (Wildman–Crippen LogP) is 4.57. The smallest absolute Gasteiger partial charge is 0.321 e. The van der Waals surface area contributed by atoms with Gasteiger partial charge in [0.1, 0.15) is 5.92 Å². The standard InChI is InChI=1S/C19H19ClO3/c1-12(2)23-19(22)17(14-9-5-4-6-10-14)18(21)16-13(3)8-7-11-15(16)20/h4-12,17H,1-3H3. The lowest BCUT2D eigenvalue weighted by atomic mass is 9.89. The Morgan fingerprint density at radius 2 is 1.65 bits per heavy atom. The van der Waals surface area contributed by atoms with E-state index in [9.17, 15) is 9.59 Å². The molecule has 0 heterocycles. The fourth-order valence-corrected chi connectivity index (χ4v) is 2.74. The van der Waals surface area contributed by atoms with Crippen molar-refractivity contribution in [2.45, 2.75) is 32.8 Å². The number of ketones is 1. The third-order valence-electron chi connectivity index (χ3n) is 3.45. The molecule has 0 aliphatic heterocycles. The molecule has 2 rings (SSSR count). The molecule has 0 bridgehead atoms. The van der Waals surface area contributed by atoms with Crippen molar-refractivity contribution < 1.29 is 14.3 Å². The molecule has 0 amide bonds. The molecule has 0 aliphatic rings. The van der Waals surface area contributed by atoms with Crippen molar-refractivity contribution >= 4 is 23.4 Å². The van der Waals surface area contributed by atoms with Crippen LogP contribution in [0.4, 0.5) is 0 Å². The minimum absolute atomic E-state index is 0.297. The van der Waals surface area contributed by atoms with E-state index >= 15 is 0 Å². The number of ether oxygens (including phenoxy) is 1. The molecule has 0 N–H and O–H groups in total. The van der Waals surface area contributed by atoms with Gasteiger partial charge in [0.25, 0.3) is 0 Å². The van der Waals surface area contributed by atoms with E-state index in [1.807, 2.05) is 6.07 Å². The van der Waals surface area contributed by atoms with Crippen LogP contribution in [0.2, 0.25) is 5.02 Å². The molecule has 3 nitrogen and oxygen atoms in total. The van der Waals surface area contributed by atoms with Crippen LogP contribution in [0.5, 0.6) is 0 Å². The molecule has 0 spiro atoms. The highest BCUT2D eigenvalue weighted by atomic mass is 35.5.